The predicted molar refractivity (Wildman–Crippen MR) is 93.6 cm³/mol. The van der Waals surface area contributed by atoms with Gasteiger partial charge in [0.15, 0.2) is 11.6 Å². The van der Waals surface area contributed by atoms with E-state index in [-0.39, 0.29) is 17.8 Å². The number of halogens is 3. The van der Waals surface area contributed by atoms with Crippen LogP contribution >= 0.6 is 0 Å². The van der Waals surface area contributed by atoms with Crippen molar-refractivity contribution < 1.29 is 13.2 Å². The van der Waals surface area contributed by atoms with Crippen LogP contribution in [0.25, 0.3) is 11.3 Å². The molecule has 2 N–H and O–H groups in total. The van der Waals surface area contributed by atoms with Gasteiger partial charge in [-0.1, -0.05) is 0 Å². The first-order valence-corrected chi connectivity index (χ1v) is 7.90. The summed E-state index contributed by atoms with van der Waals surface area (Å²) in [6, 6.07) is 6.62. The average Bonchev–Trinajstić information content (AvgIpc) is 2.62. The molecule has 0 saturated carbocycles. The number of rotatable bonds is 5. The Morgan fingerprint density at radius 3 is 2.31 bits per heavy atom. The number of benzene rings is 1. The molecule has 3 rings (SSSR count). The first kappa shape index (κ1) is 17.7. The van der Waals surface area contributed by atoms with Gasteiger partial charge in [-0.2, -0.15) is 4.98 Å². The van der Waals surface area contributed by atoms with Crippen molar-refractivity contribution in [2.24, 2.45) is 0 Å². The predicted octanol–water partition coefficient (Wildman–Crippen LogP) is 4.52. The molecule has 0 aliphatic rings. The highest BCUT2D eigenvalue weighted by atomic mass is 19.2. The topological polar surface area (TPSA) is 62.7 Å². The van der Waals surface area contributed by atoms with E-state index in [2.05, 4.69) is 25.6 Å². The van der Waals surface area contributed by atoms with Crippen LogP contribution in [0.3, 0.4) is 0 Å². The Morgan fingerprint density at radius 1 is 0.923 bits per heavy atom. The van der Waals surface area contributed by atoms with E-state index in [4.69, 9.17) is 0 Å². The monoisotopic (exact) mass is 359 g/mol. The molecule has 0 aliphatic carbocycles. The second-order valence-electron chi connectivity index (χ2n) is 5.84. The summed E-state index contributed by atoms with van der Waals surface area (Å²) < 4.78 is 41.3. The highest BCUT2D eigenvalue weighted by Crippen LogP contribution is 2.27. The second-order valence-corrected chi connectivity index (χ2v) is 5.84. The van der Waals surface area contributed by atoms with Crippen molar-refractivity contribution in [2.45, 2.75) is 19.9 Å². The molecule has 8 heteroatoms. The Bertz CT molecular complexity index is 916. The van der Waals surface area contributed by atoms with Crippen molar-refractivity contribution in [3.8, 4) is 11.3 Å². The SMILES string of the molecule is CC(C)Nc1nc(Nc2c(F)ccc(F)c2F)cc(-c2ccncc2)n1. The zero-order valence-corrected chi connectivity index (χ0v) is 14.1. The quantitative estimate of drug-likeness (QED) is 0.656. The Balaban J connectivity index is 2.05. The number of hydrogen-bond donors (Lipinski definition) is 2. The van der Waals surface area contributed by atoms with Crippen molar-refractivity contribution in [3.05, 3.63) is 60.2 Å². The summed E-state index contributed by atoms with van der Waals surface area (Å²) in [5.74, 6) is -3.00. The molecule has 1 aromatic carbocycles. The van der Waals surface area contributed by atoms with E-state index >= 15 is 0 Å². The number of nitrogens with one attached hydrogen (secondary N) is 2. The van der Waals surface area contributed by atoms with Gasteiger partial charge in [0.2, 0.25) is 5.95 Å². The molecular weight excluding hydrogens is 343 g/mol. The van der Waals surface area contributed by atoms with Gasteiger partial charge in [-0.3, -0.25) is 4.98 Å². The minimum Gasteiger partial charge on any atom is -0.352 e. The van der Waals surface area contributed by atoms with Gasteiger partial charge in [-0.05, 0) is 38.1 Å². The minimum atomic E-state index is -1.31. The number of pyridine rings is 1. The second kappa shape index (κ2) is 7.38. The number of anilines is 3. The van der Waals surface area contributed by atoms with Gasteiger partial charge < -0.3 is 10.6 Å². The van der Waals surface area contributed by atoms with Crippen LogP contribution in [-0.2, 0) is 0 Å². The Morgan fingerprint density at radius 2 is 1.62 bits per heavy atom. The van der Waals surface area contributed by atoms with Gasteiger partial charge in [0.05, 0.1) is 5.69 Å². The van der Waals surface area contributed by atoms with Crippen LogP contribution in [0.2, 0.25) is 0 Å². The van der Waals surface area contributed by atoms with Crippen LogP contribution in [0, 0.1) is 17.5 Å². The normalized spacial score (nSPS) is 10.8. The first-order chi connectivity index (χ1) is 12.4. The summed E-state index contributed by atoms with van der Waals surface area (Å²) in [5, 5.41) is 5.55. The lowest BCUT2D eigenvalue weighted by molar-refractivity contribution is 0.499. The zero-order chi connectivity index (χ0) is 18.7. The third-order valence-corrected chi connectivity index (χ3v) is 3.42. The summed E-state index contributed by atoms with van der Waals surface area (Å²) in [5.41, 5.74) is 0.655. The first-order valence-electron chi connectivity index (χ1n) is 7.90. The molecule has 0 radical (unpaired) electrons. The molecule has 0 aliphatic heterocycles. The fourth-order valence-electron chi connectivity index (χ4n) is 2.27. The number of hydrogen-bond acceptors (Lipinski definition) is 5. The molecule has 0 spiro atoms. The van der Waals surface area contributed by atoms with Crippen LogP contribution in [0.15, 0.2) is 42.7 Å². The van der Waals surface area contributed by atoms with E-state index in [0.29, 0.717) is 5.69 Å². The van der Waals surface area contributed by atoms with E-state index in [0.717, 1.165) is 17.7 Å². The molecule has 134 valence electrons. The molecule has 2 aromatic heterocycles. The highest BCUT2D eigenvalue weighted by Gasteiger charge is 2.16. The largest absolute Gasteiger partial charge is 0.352 e. The maximum atomic E-state index is 13.9. The van der Waals surface area contributed by atoms with Gasteiger partial charge in [0.25, 0.3) is 0 Å². The molecule has 0 bridgehead atoms. The molecule has 3 aromatic rings. The van der Waals surface area contributed by atoms with E-state index in [1.165, 1.54) is 6.07 Å². The summed E-state index contributed by atoms with van der Waals surface area (Å²) in [7, 11) is 0. The van der Waals surface area contributed by atoms with Crippen LogP contribution in [-0.4, -0.2) is 21.0 Å². The summed E-state index contributed by atoms with van der Waals surface area (Å²) in [6.07, 6.45) is 3.21. The van der Waals surface area contributed by atoms with Crippen molar-refractivity contribution in [1.29, 1.82) is 0 Å². The van der Waals surface area contributed by atoms with Crippen LogP contribution in [0.5, 0.6) is 0 Å². The fraction of sp³-hybridized carbons (Fsp3) is 0.167. The average molecular weight is 359 g/mol. The van der Waals surface area contributed by atoms with Gasteiger partial charge in [0, 0.05) is 30.1 Å². The van der Waals surface area contributed by atoms with Crippen LogP contribution in [0.1, 0.15) is 13.8 Å². The third kappa shape index (κ3) is 3.90. The van der Waals surface area contributed by atoms with Gasteiger partial charge in [-0.15, -0.1) is 0 Å². The van der Waals surface area contributed by atoms with E-state index in [1.54, 1.807) is 24.5 Å². The molecule has 0 amide bonds. The molecular formula is C18H16F3N5. The molecule has 26 heavy (non-hydrogen) atoms. The smallest absolute Gasteiger partial charge is 0.225 e. The Kier molecular flexibility index (Phi) is 5.01. The van der Waals surface area contributed by atoms with Crippen molar-refractivity contribution in [2.75, 3.05) is 10.6 Å². The lowest BCUT2D eigenvalue weighted by atomic mass is 10.2. The lowest BCUT2D eigenvalue weighted by Crippen LogP contribution is -2.14. The van der Waals surface area contributed by atoms with Crippen LogP contribution < -0.4 is 10.6 Å². The summed E-state index contributed by atoms with van der Waals surface area (Å²) in [4.78, 5) is 12.5. The maximum Gasteiger partial charge on any atom is 0.225 e. The summed E-state index contributed by atoms with van der Waals surface area (Å²) in [6.45, 7) is 3.81. The van der Waals surface area contributed by atoms with Gasteiger partial charge >= 0.3 is 0 Å². The third-order valence-electron chi connectivity index (χ3n) is 3.42. The van der Waals surface area contributed by atoms with E-state index < -0.39 is 23.1 Å². The van der Waals surface area contributed by atoms with Gasteiger partial charge in [0.1, 0.15) is 17.3 Å². The van der Waals surface area contributed by atoms with Gasteiger partial charge in [-0.25, -0.2) is 18.2 Å². The minimum absolute atomic E-state index is 0.0400. The molecule has 2 heterocycles. The molecule has 0 fully saturated rings. The molecule has 5 nitrogen and oxygen atoms in total. The lowest BCUT2D eigenvalue weighted by Gasteiger charge is -2.14. The molecule has 0 atom stereocenters. The summed E-state index contributed by atoms with van der Waals surface area (Å²) >= 11 is 0. The highest BCUT2D eigenvalue weighted by molar-refractivity contribution is 5.67. The number of aromatic nitrogens is 3. The zero-order valence-electron chi connectivity index (χ0n) is 14.1. The Hall–Kier alpha value is -3.16. The van der Waals surface area contributed by atoms with Crippen molar-refractivity contribution >= 4 is 17.5 Å². The fourth-order valence-corrected chi connectivity index (χ4v) is 2.27. The van der Waals surface area contributed by atoms with E-state index in [1.807, 2.05) is 13.8 Å². The maximum absolute atomic E-state index is 13.9. The molecule has 0 saturated heterocycles. The standard InChI is InChI=1S/C18H16F3N5/c1-10(2)23-18-24-14(11-5-7-22-8-6-11)9-15(26-18)25-17-13(20)4-3-12(19)16(17)21/h3-10H,1-2H3,(H2,23,24,25,26). The Labute approximate surface area is 148 Å². The van der Waals surface area contributed by atoms with E-state index in [9.17, 15) is 13.2 Å². The molecule has 0 unspecified atom stereocenters. The van der Waals surface area contributed by atoms with Crippen molar-refractivity contribution in [3.63, 3.8) is 0 Å². The van der Waals surface area contributed by atoms with Crippen LogP contribution in [0.4, 0.5) is 30.6 Å². The van der Waals surface area contributed by atoms with Crippen molar-refractivity contribution in [1.82, 2.24) is 15.0 Å². The number of nitrogens with zero attached hydrogens (tertiary/aromatic N) is 3.